The molecule has 0 aliphatic carbocycles. The van der Waals surface area contributed by atoms with Crippen LogP contribution in [0.2, 0.25) is 0 Å². The minimum Gasteiger partial charge on any atom is -0.351 e. The van der Waals surface area contributed by atoms with Crippen LogP contribution in [0.25, 0.3) is 0 Å². The van der Waals surface area contributed by atoms with Gasteiger partial charge in [-0.15, -0.1) is 0 Å². The molecule has 1 N–H and O–H groups in total. The second kappa shape index (κ2) is 2.38. The van der Waals surface area contributed by atoms with Crippen LogP contribution in [0.1, 0.15) is 31.0 Å². The molecule has 1 aromatic heterocycles. The van der Waals surface area contributed by atoms with E-state index in [-0.39, 0.29) is 0 Å². The third-order valence-corrected chi connectivity index (χ3v) is 2.25. The highest BCUT2D eigenvalue weighted by molar-refractivity contribution is 5.27. The van der Waals surface area contributed by atoms with Gasteiger partial charge in [0, 0.05) is 31.5 Å². The van der Waals surface area contributed by atoms with Crippen molar-refractivity contribution in [1.29, 1.82) is 0 Å². The van der Waals surface area contributed by atoms with Crippen LogP contribution < -0.4 is 5.32 Å². The van der Waals surface area contributed by atoms with E-state index >= 15 is 0 Å². The predicted octanol–water partition coefficient (Wildman–Crippen LogP) is 1.67. The third kappa shape index (κ3) is 1.07. The normalized spacial score (nSPS) is 15.9. The van der Waals surface area contributed by atoms with Crippen LogP contribution in [0.3, 0.4) is 0 Å². The van der Waals surface area contributed by atoms with Crippen LogP contribution in [0.15, 0.2) is 12.4 Å². The van der Waals surface area contributed by atoms with Gasteiger partial charge in [0.25, 0.3) is 0 Å². The summed E-state index contributed by atoms with van der Waals surface area (Å²) in [4.78, 5) is 0. The first kappa shape index (κ1) is 6.92. The Hall–Kier alpha value is -0.760. The lowest BCUT2D eigenvalue weighted by Crippen LogP contribution is -2.04. The van der Waals surface area contributed by atoms with Gasteiger partial charge in [-0.1, -0.05) is 0 Å². The van der Waals surface area contributed by atoms with E-state index in [0.717, 1.165) is 13.1 Å². The van der Waals surface area contributed by atoms with Gasteiger partial charge < -0.3 is 9.88 Å². The second-order valence-corrected chi connectivity index (χ2v) is 3.45. The van der Waals surface area contributed by atoms with Gasteiger partial charge in [-0.3, -0.25) is 0 Å². The van der Waals surface area contributed by atoms with Crippen molar-refractivity contribution in [3.8, 4) is 0 Å². The topological polar surface area (TPSA) is 17.0 Å². The van der Waals surface area contributed by atoms with E-state index in [1.54, 1.807) is 0 Å². The van der Waals surface area contributed by atoms with Crippen LogP contribution in [0.4, 0.5) is 0 Å². The molecule has 1 aromatic rings. The summed E-state index contributed by atoms with van der Waals surface area (Å²) in [5, 5.41) is 3.32. The van der Waals surface area contributed by atoms with Crippen LogP contribution in [0.5, 0.6) is 0 Å². The van der Waals surface area contributed by atoms with E-state index in [1.807, 2.05) is 0 Å². The Bertz CT molecular complexity index is 239. The molecule has 0 unspecified atom stereocenters. The highest BCUT2D eigenvalue weighted by atomic mass is 15.0. The zero-order chi connectivity index (χ0) is 7.84. The summed E-state index contributed by atoms with van der Waals surface area (Å²) in [5.74, 6) is 0. The summed E-state index contributed by atoms with van der Waals surface area (Å²) in [6.07, 6.45) is 4.50. The first-order chi connectivity index (χ1) is 5.27. The molecule has 2 nitrogen and oxygen atoms in total. The number of nitrogens with zero attached hydrogens (tertiary/aromatic N) is 1. The summed E-state index contributed by atoms with van der Waals surface area (Å²) in [5.41, 5.74) is 2.94. The van der Waals surface area contributed by atoms with Crippen LogP contribution >= 0.6 is 0 Å². The lowest BCUT2D eigenvalue weighted by Gasteiger charge is -2.06. The quantitative estimate of drug-likeness (QED) is 0.644. The maximum absolute atomic E-state index is 3.32. The maximum Gasteiger partial charge on any atom is 0.0274 e. The van der Waals surface area contributed by atoms with Gasteiger partial charge in [0.1, 0.15) is 0 Å². The molecule has 2 heterocycles. The van der Waals surface area contributed by atoms with E-state index < -0.39 is 0 Å². The van der Waals surface area contributed by atoms with E-state index in [1.165, 1.54) is 11.1 Å². The molecule has 0 aromatic carbocycles. The summed E-state index contributed by atoms with van der Waals surface area (Å²) in [6.45, 7) is 6.52. The zero-order valence-corrected chi connectivity index (χ0v) is 7.09. The molecule has 2 heteroatoms. The average molecular weight is 150 g/mol. The highest BCUT2D eigenvalue weighted by Crippen LogP contribution is 2.18. The molecular weight excluding hydrogens is 136 g/mol. The minimum atomic E-state index is 0.598. The molecule has 0 amide bonds. The average Bonchev–Trinajstić information content (AvgIpc) is 2.40. The molecule has 11 heavy (non-hydrogen) atoms. The molecule has 60 valence electrons. The molecule has 0 saturated carbocycles. The van der Waals surface area contributed by atoms with Crippen molar-refractivity contribution in [2.45, 2.75) is 33.0 Å². The van der Waals surface area contributed by atoms with Gasteiger partial charge in [-0.05, 0) is 25.0 Å². The van der Waals surface area contributed by atoms with Gasteiger partial charge in [0.2, 0.25) is 0 Å². The number of hydrogen-bond donors (Lipinski definition) is 1. The zero-order valence-electron chi connectivity index (χ0n) is 7.09. The third-order valence-electron chi connectivity index (χ3n) is 2.25. The van der Waals surface area contributed by atoms with Gasteiger partial charge in [-0.25, -0.2) is 0 Å². The molecule has 0 fully saturated rings. The maximum atomic E-state index is 3.32. The van der Waals surface area contributed by atoms with Crippen LogP contribution in [-0.2, 0) is 13.1 Å². The first-order valence-corrected chi connectivity index (χ1v) is 4.17. The van der Waals surface area contributed by atoms with Crippen LogP contribution in [0, 0.1) is 0 Å². The lowest BCUT2D eigenvalue weighted by atomic mass is 10.2. The summed E-state index contributed by atoms with van der Waals surface area (Å²) in [6, 6.07) is 0.598. The van der Waals surface area contributed by atoms with Crippen molar-refractivity contribution < 1.29 is 0 Å². The highest BCUT2D eigenvalue weighted by Gasteiger charge is 2.12. The minimum absolute atomic E-state index is 0.598. The number of fused-ring (bicyclic) bond motifs is 1. The fourth-order valence-corrected chi connectivity index (χ4v) is 1.51. The molecular formula is C9H14N2. The Morgan fingerprint density at radius 2 is 1.82 bits per heavy atom. The largest absolute Gasteiger partial charge is 0.351 e. The molecule has 0 atom stereocenters. The lowest BCUT2D eigenvalue weighted by molar-refractivity contribution is 0.595. The van der Waals surface area contributed by atoms with Crippen LogP contribution in [-0.4, -0.2) is 4.57 Å². The molecule has 0 bridgehead atoms. The SMILES string of the molecule is CC(C)n1cc2c(c1)CNC2. The Morgan fingerprint density at radius 3 is 2.27 bits per heavy atom. The number of nitrogens with one attached hydrogen (secondary N) is 1. The van der Waals surface area contributed by atoms with E-state index in [2.05, 4.69) is 36.1 Å². The summed E-state index contributed by atoms with van der Waals surface area (Å²) in [7, 11) is 0. The molecule has 0 radical (unpaired) electrons. The van der Waals surface area contributed by atoms with Gasteiger partial charge in [0.05, 0.1) is 0 Å². The number of hydrogen-bond acceptors (Lipinski definition) is 1. The summed E-state index contributed by atoms with van der Waals surface area (Å²) < 4.78 is 2.28. The van der Waals surface area contributed by atoms with Crippen molar-refractivity contribution in [3.05, 3.63) is 23.5 Å². The van der Waals surface area contributed by atoms with Gasteiger partial charge in [0.15, 0.2) is 0 Å². The van der Waals surface area contributed by atoms with Gasteiger partial charge in [-0.2, -0.15) is 0 Å². The fourth-order valence-electron chi connectivity index (χ4n) is 1.51. The Morgan fingerprint density at radius 1 is 1.27 bits per heavy atom. The molecule has 1 aliphatic rings. The molecule has 0 saturated heterocycles. The van der Waals surface area contributed by atoms with Crippen molar-refractivity contribution in [2.24, 2.45) is 0 Å². The summed E-state index contributed by atoms with van der Waals surface area (Å²) >= 11 is 0. The predicted molar refractivity (Wildman–Crippen MR) is 45.4 cm³/mol. The first-order valence-electron chi connectivity index (χ1n) is 4.17. The van der Waals surface area contributed by atoms with Crippen molar-refractivity contribution in [1.82, 2.24) is 9.88 Å². The van der Waals surface area contributed by atoms with E-state index in [9.17, 15) is 0 Å². The number of rotatable bonds is 1. The van der Waals surface area contributed by atoms with Crippen molar-refractivity contribution >= 4 is 0 Å². The molecule has 2 rings (SSSR count). The Kier molecular flexibility index (Phi) is 1.50. The number of aromatic nitrogens is 1. The Balaban J connectivity index is 2.34. The Labute approximate surface area is 67.2 Å². The standard InChI is InChI=1S/C9H14N2/c1-7(2)11-5-8-3-10-4-9(8)6-11/h5-7,10H,3-4H2,1-2H3. The monoisotopic (exact) mass is 150 g/mol. The van der Waals surface area contributed by atoms with Gasteiger partial charge >= 0.3 is 0 Å². The van der Waals surface area contributed by atoms with Crippen molar-refractivity contribution in [3.63, 3.8) is 0 Å². The molecule has 1 aliphatic heterocycles. The fraction of sp³-hybridized carbons (Fsp3) is 0.556. The molecule has 0 spiro atoms. The smallest absolute Gasteiger partial charge is 0.0274 e. The van der Waals surface area contributed by atoms with E-state index in [0.29, 0.717) is 6.04 Å². The second-order valence-electron chi connectivity index (χ2n) is 3.45. The van der Waals surface area contributed by atoms with E-state index in [4.69, 9.17) is 0 Å². The van der Waals surface area contributed by atoms with Crippen molar-refractivity contribution in [2.75, 3.05) is 0 Å².